The molecule has 114 valence electrons. The van der Waals surface area contributed by atoms with E-state index in [1.165, 1.54) is 17.0 Å². The molecule has 7 heteroatoms. The molecule has 0 amide bonds. The molecule has 0 saturated carbocycles. The van der Waals surface area contributed by atoms with E-state index in [2.05, 4.69) is 25.2 Å². The lowest BCUT2D eigenvalue weighted by Gasteiger charge is -2.23. The summed E-state index contributed by atoms with van der Waals surface area (Å²) < 4.78 is 23.0. The minimum atomic E-state index is -3.78. The number of benzene rings is 1. The van der Waals surface area contributed by atoms with Crippen molar-refractivity contribution in [3.8, 4) is 0 Å². The molecular weight excluding hydrogens is 306 g/mol. The average molecular weight is 325 g/mol. The first kappa shape index (κ1) is 15.8. The SMILES string of the molecule is CC(C)C(Nc1cc(N)cc(S(N)(=O)=O)c1)c1cccs1. The van der Waals surface area contributed by atoms with Gasteiger partial charge in [-0.1, -0.05) is 19.9 Å². The number of rotatable bonds is 5. The van der Waals surface area contributed by atoms with E-state index in [4.69, 9.17) is 10.9 Å². The molecule has 1 unspecified atom stereocenters. The van der Waals surface area contributed by atoms with Crippen molar-refractivity contribution in [2.24, 2.45) is 11.1 Å². The van der Waals surface area contributed by atoms with Crippen LogP contribution in [0.4, 0.5) is 11.4 Å². The Morgan fingerprint density at radius 2 is 1.95 bits per heavy atom. The fourth-order valence-corrected chi connectivity index (χ4v) is 3.62. The molecule has 1 heterocycles. The van der Waals surface area contributed by atoms with Crippen LogP contribution in [0.15, 0.2) is 40.6 Å². The first-order valence-electron chi connectivity index (χ1n) is 6.50. The lowest BCUT2D eigenvalue weighted by molar-refractivity contribution is 0.553. The van der Waals surface area contributed by atoms with E-state index in [0.717, 1.165) is 0 Å². The standard InChI is InChI=1S/C14H19N3O2S2/c1-9(2)14(13-4-3-5-20-13)17-11-6-10(15)7-12(8-11)21(16,18)19/h3-9,14,17H,15H2,1-2H3,(H2,16,18,19). The third kappa shape index (κ3) is 3.96. The smallest absolute Gasteiger partial charge is 0.238 e. The molecule has 0 spiro atoms. The molecule has 1 aromatic heterocycles. The summed E-state index contributed by atoms with van der Waals surface area (Å²) >= 11 is 1.66. The van der Waals surface area contributed by atoms with E-state index in [1.807, 2.05) is 11.4 Å². The molecule has 0 bridgehead atoms. The summed E-state index contributed by atoms with van der Waals surface area (Å²) in [5.74, 6) is 0.336. The second kappa shape index (κ2) is 6.05. The minimum absolute atomic E-state index is 0.0127. The molecule has 0 radical (unpaired) electrons. The van der Waals surface area contributed by atoms with E-state index in [9.17, 15) is 8.42 Å². The average Bonchev–Trinajstić information content (AvgIpc) is 2.87. The number of anilines is 2. The normalized spacial score (nSPS) is 13.3. The summed E-state index contributed by atoms with van der Waals surface area (Å²) in [6.07, 6.45) is 0. The molecule has 1 aromatic carbocycles. The zero-order valence-electron chi connectivity index (χ0n) is 11.9. The zero-order valence-corrected chi connectivity index (χ0v) is 13.5. The Morgan fingerprint density at radius 3 is 2.48 bits per heavy atom. The van der Waals surface area contributed by atoms with E-state index >= 15 is 0 Å². The van der Waals surface area contributed by atoms with E-state index < -0.39 is 10.0 Å². The highest BCUT2D eigenvalue weighted by Crippen LogP contribution is 2.31. The van der Waals surface area contributed by atoms with Gasteiger partial charge in [0.2, 0.25) is 10.0 Å². The number of nitrogen functional groups attached to an aromatic ring is 1. The molecular formula is C14H19N3O2S2. The van der Waals surface area contributed by atoms with Gasteiger partial charge in [0.15, 0.2) is 0 Å². The zero-order chi connectivity index (χ0) is 15.6. The van der Waals surface area contributed by atoms with E-state index in [0.29, 0.717) is 17.3 Å². The summed E-state index contributed by atoms with van der Waals surface area (Å²) in [6, 6.07) is 8.70. The van der Waals surface area contributed by atoms with Crippen molar-refractivity contribution in [1.82, 2.24) is 0 Å². The molecule has 5 nitrogen and oxygen atoms in total. The molecule has 2 rings (SSSR count). The minimum Gasteiger partial charge on any atom is -0.399 e. The number of sulfonamides is 1. The quantitative estimate of drug-likeness (QED) is 0.736. The van der Waals surface area contributed by atoms with Crippen LogP contribution in [-0.2, 0) is 10.0 Å². The largest absolute Gasteiger partial charge is 0.399 e. The van der Waals surface area contributed by atoms with Gasteiger partial charge >= 0.3 is 0 Å². The number of hydrogen-bond donors (Lipinski definition) is 3. The predicted octanol–water partition coefficient (Wildman–Crippen LogP) is 2.79. The van der Waals surface area contributed by atoms with Gasteiger partial charge in [-0.3, -0.25) is 0 Å². The molecule has 1 atom stereocenters. The number of thiophene rings is 1. The van der Waals surface area contributed by atoms with Crippen LogP contribution in [0.5, 0.6) is 0 Å². The van der Waals surface area contributed by atoms with Crippen LogP contribution in [0, 0.1) is 5.92 Å². The Morgan fingerprint density at radius 1 is 1.24 bits per heavy atom. The van der Waals surface area contributed by atoms with Crippen LogP contribution in [0.2, 0.25) is 0 Å². The van der Waals surface area contributed by atoms with Crippen LogP contribution in [0.25, 0.3) is 0 Å². The van der Waals surface area contributed by atoms with Gasteiger partial charge in [-0.2, -0.15) is 0 Å². The fraction of sp³-hybridized carbons (Fsp3) is 0.286. The van der Waals surface area contributed by atoms with Crippen molar-refractivity contribution < 1.29 is 8.42 Å². The van der Waals surface area contributed by atoms with Crippen LogP contribution < -0.4 is 16.2 Å². The van der Waals surface area contributed by atoms with Crippen LogP contribution in [-0.4, -0.2) is 8.42 Å². The lowest BCUT2D eigenvalue weighted by Crippen LogP contribution is -2.17. The van der Waals surface area contributed by atoms with Crippen molar-refractivity contribution >= 4 is 32.7 Å². The first-order valence-corrected chi connectivity index (χ1v) is 8.93. The van der Waals surface area contributed by atoms with Gasteiger partial charge in [0.05, 0.1) is 10.9 Å². The molecule has 21 heavy (non-hydrogen) atoms. The molecule has 0 aliphatic rings. The topological polar surface area (TPSA) is 98.2 Å². The van der Waals surface area contributed by atoms with Gasteiger partial charge < -0.3 is 11.1 Å². The van der Waals surface area contributed by atoms with Crippen molar-refractivity contribution in [2.75, 3.05) is 11.1 Å². The van der Waals surface area contributed by atoms with Crippen molar-refractivity contribution in [3.05, 3.63) is 40.6 Å². The summed E-state index contributed by atoms with van der Waals surface area (Å²) in [5.41, 5.74) is 6.77. The highest BCUT2D eigenvalue weighted by atomic mass is 32.2. The van der Waals surface area contributed by atoms with Crippen molar-refractivity contribution in [1.29, 1.82) is 0 Å². The fourth-order valence-electron chi connectivity index (χ4n) is 2.08. The predicted molar refractivity (Wildman–Crippen MR) is 87.7 cm³/mol. The van der Waals surface area contributed by atoms with Crippen LogP contribution in [0.1, 0.15) is 24.8 Å². The maximum absolute atomic E-state index is 11.5. The van der Waals surface area contributed by atoms with Gasteiger partial charge in [-0.15, -0.1) is 11.3 Å². The van der Waals surface area contributed by atoms with Crippen molar-refractivity contribution in [2.45, 2.75) is 24.8 Å². The van der Waals surface area contributed by atoms with E-state index in [-0.39, 0.29) is 10.9 Å². The number of nitrogens with one attached hydrogen (secondary N) is 1. The molecule has 0 aliphatic carbocycles. The molecule has 2 aromatic rings. The molecule has 0 aliphatic heterocycles. The number of nitrogens with two attached hydrogens (primary N) is 2. The Labute approximate surface area is 129 Å². The maximum Gasteiger partial charge on any atom is 0.238 e. The van der Waals surface area contributed by atoms with Gasteiger partial charge in [-0.25, -0.2) is 13.6 Å². The Hall–Kier alpha value is -1.57. The summed E-state index contributed by atoms with van der Waals surface area (Å²) in [7, 11) is -3.78. The number of hydrogen-bond acceptors (Lipinski definition) is 5. The summed E-state index contributed by atoms with van der Waals surface area (Å²) in [6.45, 7) is 4.20. The van der Waals surface area contributed by atoms with Crippen LogP contribution in [0.3, 0.4) is 0 Å². The third-order valence-electron chi connectivity index (χ3n) is 3.10. The highest BCUT2D eigenvalue weighted by molar-refractivity contribution is 7.89. The molecule has 0 fully saturated rings. The summed E-state index contributed by atoms with van der Waals surface area (Å²) in [5, 5.41) is 10.5. The Balaban J connectivity index is 2.36. The molecule has 5 N–H and O–H groups in total. The van der Waals surface area contributed by atoms with Crippen molar-refractivity contribution in [3.63, 3.8) is 0 Å². The highest BCUT2D eigenvalue weighted by Gasteiger charge is 2.18. The molecule has 0 saturated heterocycles. The van der Waals surface area contributed by atoms with Gasteiger partial charge in [-0.05, 0) is 35.6 Å². The maximum atomic E-state index is 11.5. The van der Waals surface area contributed by atoms with Gasteiger partial charge in [0.25, 0.3) is 0 Å². The second-order valence-corrected chi connectivity index (χ2v) is 7.76. The Kier molecular flexibility index (Phi) is 4.55. The summed E-state index contributed by atoms with van der Waals surface area (Å²) in [4.78, 5) is 1.20. The van der Waals surface area contributed by atoms with E-state index in [1.54, 1.807) is 17.4 Å². The first-order chi connectivity index (χ1) is 9.77. The monoisotopic (exact) mass is 325 g/mol. The van der Waals surface area contributed by atoms with Gasteiger partial charge in [0, 0.05) is 16.3 Å². The van der Waals surface area contributed by atoms with Crippen LogP contribution >= 0.6 is 11.3 Å². The third-order valence-corrected chi connectivity index (χ3v) is 4.94. The Bertz CT molecular complexity index is 710. The van der Waals surface area contributed by atoms with Gasteiger partial charge in [0.1, 0.15) is 0 Å². The second-order valence-electron chi connectivity index (χ2n) is 5.22. The lowest BCUT2D eigenvalue weighted by atomic mass is 10.0. The number of primary sulfonamides is 1.